The molecule has 2 aliphatic heterocycles. The fourth-order valence-corrected chi connectivity index (χ4v) is 3.51. The van der Waals surface area contributed by atoms with Crippen LogP contribution < -0.4 is 5.48 Å². The van der Waals surface area contributed by atoms with Gasteiger partial charge in [-0.2, -0.15) is 10.1 Å². The lowest BCUT2D eigenvalue weighted by molar-refractivity contribution is 0.191. The van der Waals surface area contributed by atoms with Crippen molar-refractivity contribution in [2.24, 2.45) is 4.99 Å². The highest BCUT2D eigenvalue weighted by Crippen LogP contribution is 2.26. The normalized spacial score (nSPS) is 20.2. The summed E-state index contributed by atoms with van der Waals surface area (Å²) in [6, 6.07) is 6.15. The molecule has 2 aromatic heterocycles. The highest BCUT2D eigenvalue weighted by atomic mass is 32.1. The summed E-state index contributed by atoms with van der Waals surface area (Å²) in [4.78, 5) is 17.0. The van der Waals surface area contributed by atoms with Crippen LogP contribution in [0.2, 0.25) is 0 Å². The Morgan fingerprint density at radius 1 is 1.25 bits per heavy atom. The Morgan fingerprint density at radius 3 is 2.83 bits per heavy atom. The summed E-state index contributed by atoms with van der Waals surface area (Å²) in [6.45, 7) is 6.21. The van der Waals surface area contributed by atoms with Crippen LogP contribution in [0.4, 0.5) is 0 Å². The Bertz CT molecular complexity index is 784. The second-order valence-corrected chi connectivity index (χ2v) is 7.34. The lowest BCUT2D eigenvalue weighted by Crippen LogP contribution is -2.42. The van der Waals surface area contributed by atoms with E-state index in [1.165, 1.54) is 4.88 Å². The average molecular weight is 344 g/mol. The first-order valence-electron chi connectivity index (χ1n) is 7.96. The number of aryl methyl sites for hydroxylation is 1. The number of hydrogen-bond acceptors (Lipinski definition) is 7. The lowest BCUT2D eigenvalue weighted by atomic mass is 10.3. The van der Waals surface area contributed by atoms with E-state index in [1.54, 1.807) is 11.3 Å². The zero-order valence-corrected chi connectivity index (χ0v) is 14.6. The van der Waals surface area contributed by atoms with E-state index in [0.717, 1.165) is 36.8 Å². The van der Waals surface area contributed by atoms with Gasteiger partial charge in [-0.25, -0.2) is 5.48 Å². The Morgan fingerprint density at radius 2 is 2.08 bits per heavy atom. The van der Waals surface area contributed by atoms with Gasteiger partial charge in [0.25, 0.3) is 5.90 Å². The van der Waals surface area contributed by atoms with Crippen LogP contribution in [-0.2, 0) is 4.84 Å². The summed E-state index contributed by atoms with van der Waals surface area (Å²) < 4.78 is 0. The third kappa shape index (κ3) is 3.15. The number of H-pyrrole nitrogens is 1. The molecular weight excluding hydrogens is 324 g/mol. The topological polar surface area (TPSA) is 68.8 Å². The molecule has 7 nitrogen and oxygen atoms in total. The van der Waals surface area contributed by atoms with E-state index in [0.29, 0.717) is 17.4 Å². The predicted molar refractivity (Wildman–Crippen MR) is 94.5 cm³/mol. The molecule has 0 radical (unpaired) electrons. The highest BCUT2D eigenvalue weighted by molar-refractivity contribution is 7.15. The van der Waals surface area contributed by atoms with Gasteiger partial charge in [0, 0.05) is 37.3 Å². The van der Waals surface area contributed by atoms with Gasteiger partial charge >= 0.3 is 0 Å². The molecule has 0 aromatic carbocycles. The molecule has 24 heavy (non-hydrogen) atoms. The zero-order valence-electron chi connectivity index (χ0n) is 13.7. The molecular formula is C16H20N6OS. The first-order valence-corrected chi connectivity index (χ1v) is 8.77. The molecule has 8 heteroatoms. The summed E-state index contributed by atoms with van der Waals surface area (Å²) in [5, 5.41) is 7.36. The zero-order chi connectivity index (χ0) is 16.5. The molecule has 2 aromatic rings. The maximum absolute atomic E-state index is 5.48. The third-order valence-electron chi connectivity index (χ3n) is 4.12. The van der Waals surface area contributed by atoms with E-state index in [9.17, 15) is 0 Å². The Labute approximate surface area is 144 Å². The van der Waals surface area contributed by atoms with E-state index in [1.807, 2.05) is 12.3 Å². The van der Waals surface area contributed by atoms with Crippen LogP contribution in [0.1, 0.15) is 10.6 Å². The van der Waals surface area contributed by atoms with E-state index >= 15 is 0 Å². The highest BCUT2D eigenvalue weighted by Gasteiger charge is 2.20. The summed E-state index contributed by atoms with van der Waals surface area (Å²) >= 11 is 1.73. The van der Waals surface area contributed by atoms with Gasteiger partial charge < -0.3 is 14.6 Å². The van der Waals surface area contributed by atoms with Gasteiger partial charge in [0.2, 0.25) is 0 Å². The fraction of sp³-hybridized carbons (Fsp3) is 0.375. The second kappa shape index (κ2) is 6.29. The second-order valence-electron chi connectivity index (χ2n) is 6.05. The number of aliphatic imine (C=N–C) groups is 1. The number of nitrogens with zero attached hydrogens (tertiary/aromatic N) is 4. The number of hydrogen-bond donors (Lipinski definition) is 2. The Balaban J connectivity index is 1.48. The van der Waals surface area contributed by atoms with E-state index < -0.39 is 0 Å². The summed E-state index contributed by atoms with van der Waals surface area (Å²) in [6.07, 6.45) is 2.01. The van der Waals surface area contributed by atoms with Crippen molar-refractivity contribution in [1.29, 1.82) is 0 Å². The molecule has 4 heterocycles. The van der Waals surface area contributed by atoms with Crippen LogP contribution in [-0.4, -0.2) is 59.1 Å². The summed E-state index contributed by atoms with van der Waals surface area (Å²) in [5.41, 5.74) is 4.54. The molecule has 2 N–H and O–H groups in total. The van der Waals surface area contributed by atoms with Crippen molar-refractivity contribution in [3.05, 3.63) is 40.8 Å². The minimum atomic E-state index is 0.492. The molecule has 0 unspecified atom stereocenters. The van der Waals surface area contributed by atoms with Crippen molar-refractivity contribution in [3.63, 3.8) is 0 Å². The molecule has 0 saturated carbocycles. The molecule has 1 saturated heterocycles. The maximum Gasteiger partial charge on any atom is 0.275 e. The molecule has 1 fully saturated rings. The van der Waals surface area contributed by atoms with Crippen molar-refractivity contribution in [3.8, 4) is 10.6 Å². The van der Waals surface area contributed by atoms with Crippen LogP contribution in [0.3, 0.4) is 0 Å². The van der Waals surface area contributed by atoms with Crippen LogP contribution in [0.25, 0.3) is 10.6 Å². The number of thiophene rings is 1. The first-order chi connectivity index (χ1) is 11.7. The van der Waals surface area contributed by atoms with Crippen molar-refractivity contribution >= 4 is 17.2 Å². The monoisotopic (exact) mass is 344 g/mol. The Kier molecular flexibility index (Phi) is 3.99. The largest absolute Gasteiger partial charge is 0.372 e. The van der Waals surface area contributed by atoms with Gasteiger partial charge in [-0.15, -0.1) is 11.3 Å². The minimum absolute atomic E-state index is 0.492. The van der Waals surface area contributed by atoms with Gasteiger partial charge in [-0.05, 0) is 32.2 Å². The lowest BCUT2D eigenvalue weighted by Gasteiger charge is -2.31. The molecule has 4 rings (SSSR count). The van der Waals surface area contributed by atoms with E-state index in [4.69, 9.17) is 4.84 Å². The van der Waals surface area contributed by atoms with Crippen molar-refractivity contribution < 1.29 is 4.84 Å². The standard InChI is InChI=1S/C16H20N6OS/c1-11-3-4-14(24-11)12-9-13(19-18-12)16-17-15(20-23-16)10-22-7-5-21(2)6-8-22/h3-4,9-10,20H,5-8H2,1-2H3,(H,18,19). The van der Waals surface area contributed by atoms with Crippen LogP contribution in [0.15, 0.2) is 35.2 Å². The molecule has 0 bridgehead atoms. The van der Waals surface area contributed by atoms with Gasteiger partial charge in [-0.3, -0.25) is 5.10 Å². The van der Waals surface area contributed by atoms with E-state index in [2.05, 4.69) is 56.6 Å². The number of likely N-dealkylation sites (N-methyl/N-ethyl adjacent to an activating group) is 1. The number of aromatic nitrogens is 2. The van der Waals surface area contributed by atoms with Crippen LogP contribution >= 0.6 is 11.3 Å². The number of nitrogens with one attached hydrogen (secondary N) is 2. The molecule has 0 atom stereocenters. The van der Waals surface area contributed by atoms with Crippen molar-refractivity contribution in [2.75, 3.05) is 33.2 Å². The summed E-state index contributed by atoms with van der Waals surface area (Å²) in [7, 11) is 2.14. The SMILES string of the molecule is Cc1ccc(-c2cc(C3=NC(=CN4CCN(C)CC4)NO3)n[nH]2)s1. The molecule has 0 amide bonds. The molecule has 0 aliphatic carbocycles. The molecule has 126 valence electrons. The maximum atomic E-state index is 5.48. The predicted octanol–water partition coefficient (Wildman–Crippen LogP) is 1.77. The average Bonchev–Trinajstić information content (AvgIpc) is 3.29. The van der Waals surface area contributed by atoms with Gasteiger partial charge in [-0.1, -0.05) is 0 Å². The minimum Gasteiger partial charge on any atom is -0.372 e. The van der Waals surface area contributed by atoms with Gasteiger partial charge in [0.1, 0.15) is 0 Å². The molecule has 2 aliphatic rings. The fourth-order valence-electron chi connectivity index (χ4n) is 2.68. The quantitative estimate of drug-likeness (QED) is 0.888. The number of hydroxylamine groups is 1. The van der Waals surface area contributed by atoms with Crippen molar-refractivity contribution in [2.45, 2.75) is 6.92 Å². The number of aromatic amines is 1. The van der Waals surface area contributed by atoms with Crippen molar-refractivity contribution in [1.82, 2.24) is 25.5 Å². The van der Waals surface area contributed by atoms with Crippen LogP contribution in [0.5, 0.6) is 0 Å². The van der Waals surface area contributed by atoms with E-state index in [-0.39, 0.29) is 0 Å². The smallest absolute Gasteiger partial charge is 0.275 e. The number of piperazine rings is 1. The third-order valence-corrected chi connectivity index (χ3v) is 5.15. The number of rotatable bonds is 3. The van der Waals surface area contributed by atoms with Crippen LogP contribution in [0, 0.1) is 6.92 Å². The van der Waals surface area contributed by atoms with Gasteiger partial charge in [0.15, 0.2) is 11.5 Å². The molecule has 0 spiro atoms. The first kappa shape index (κ1) is 15.2. The summed E-state index contributed by atoms with van der Waals surface area (Å²) in [5.74, 6) is 1.21. The van der Waals surface area contributed by atoms with Gasteiger partial charge in [0.05, 0.1) is 10.6 Å². The Hall–Kier alpha value is -2.32.